The molecule has 2 aromatic rings. The maximum absolute atomic E-state index is 12.1. The van der Waals surface area contributed by atoms with Crippen molar-refractivity contribution < 1.29 is 24.2 Å². The van der Waals surface area contributed by atoms with Gasteiger partial charge >= 0.3 is 0 Å². The van der Waals surface area contributed by atoms with E-state index < -0.39 is 18.0 Å². The number of phenolic OH excluding ortho intramolecular Hbond substituents is 1. The number of hydrogen-bond acceptors (Lipinski definition) is 5. The molecular formula is C18H16O5. The van der Waals surface area contributed by atoms with E-state index in [0.29, 0.717) is 11.3 Å². The van der Waals surface area contributed by atoms with Crippen LogP contribution in [0.4, 0.5) is 0 Å². The third kappa shape index (κ3) is 4.26. The van der Waals surface area contributed by atoms with Crippen LogP contribution in [-0.2, 0) is 4.79 Å². The van der Waals surface area contributed by atoms with Crippen molar-refractivity contribution in [1.82, 2.24) is 0 Å². The fourth-order valence-corrected chi connectivity index (χ4v) is 2.12. The molecule has 0 amide bonds. The van der Waals surface area contributed by atoms with E-state index in [1.165, 1.54) is 25.3 Å². The average Bonchev–Trinajstić information content (AvgIpc) is 2.55. The van der Waals surface area contributed by atoms with Crippen LogP contribution in [0.1, 0.15) is 33.6 Å². The molecule has 118 valence electrons. The van der Waals surface area contributed by atoms with Crippen molar-refractivity contribution in [2.75, 3.05) is 7.11 Å². The third-order valence-corrected chi connectivity index (χ3v) is 3.32. The first-order valence-electron chi connectivity index (χ1n) is 7.01. The second kappa shape index (κ2) is 7.35. The minimum absolute atomic E-state index is 0.0336. The number of hydrogen-bond donors (Lipinski definition) is 1. The van der Waals surface area contributed by atoms with E-state index in [1.807, 2.05) is 0 Å². The lowest BCUT2D eigenvalue weighted by molar-refractivity contribution is -0.117. The van der Waals surface area contributed by atoms with E-state index in [1.54, 1.807) is 30.3 Å². The summed E-state index contributed by atoms with van der Waals surface area (Å²) >= 11 is 0. The summed E-state index contributed by atoms with van der Waals surface area (Å²) in [4.78, 5) is 35.9. The molecule has 0 heterocycles. The summed E-state index contributed by atoms with van der Waals surface area (Å²) in [6.07, 6.45) is -0.773. The molecule has 2 rings (SSSR count). The zero-order valence-electron chi connectivity index (χ0n) is 12.6. The van der Waals surface area contributed by atoms with Gasteiger partial charge in [0.25, 0.3) is 0 Å². The number of aromatic hydroxyl groups is 1. The monoisotopic (exact) mass is 312 g/mol. The van der Waals surface area contributed by atoms with Crippen LogP contribution in [0, 0.1) is 0 Å². The van der Waals surface area contributed by atoms with Gasteiger partial charge < -0.3 is 9.84 Å². The minimum atomic E-state index is -0.531. The lowest BCUT2D eigenvalue weighted by Gasteiger charge is -2.06. The maximum atomic E-state index is 12.1. The maximum Gasteiger partial charge on any atom is 0.173 e. The molecule has 0 saturated heterocycles. The standard InChI is InChI=1S/C18H16O5/c1-23-14-7-8-15(18(22)11-14)17(21)10-13(19)9-16(20)12-5-3-2-4-6-12/h2-8,11,22H,9-10H2,1H3. The number of carbonyl (C=O) groups is 3. The number of rotatable bonds is 7. The van der Waals surface area contributed by atoms with E-state index in [4.69, 9.17) is 4.74 Å². The van der Waals surface area contributed by atoms with E-state index in [-0.39, 0.29) is 23.5 Å². The van der Waals surface area contributed by atoms with E-state index in [0.717, 1.165) is 0 Å². The van der Waals surface area contributed by atoms with Gasteiger partial charge in [0.15, 0.2) is 11.6 Å². The molecule has 0 aliphatic heterocycles. The summed E-state index contributed by atoms with van der Waals surface area (Å²) in [5.74, 6) is -1.20. The second-order valence-electron chi connectivity index (χ2n) is 4.99. The lowest BCUT2D eigenvalue weighted by Crippen LogP contribution is -2.13. The van der Waals surface area contributed by atoms with Gasteiger partial charge in [0.2, 0.25) is 0 Å². The van der Waals surface area contributed by atoms with Gasteiger partial charge in [0.1, 0.15) is 17.3 Å². The predicted molar refractivity (Wildman–Crippen MR) is 84.0 cm³/mol. The van der Waals surface area contributed by atoms with Crippen molar-refractivity contribution in [2.24, 2.45) is 0 Å². The minimum Gasteiger partial charge on any atom is -0.507 e. The Morgan fingerprint density at radius 2 is 1.61 bits per heavy atom. The van der Waals surface area contributed by atoms with Crippen LogP contribution in [0.3, 0.4) is 0 Å². The van der Waals surface area contributed by atoms with Crippen LogP contribution in [0.15, 0.2) is 48.5 Å². The summed E-state index contributed by atoms with van der Waals surface area (Å²) in [6, 6.07) is 12.6. The van der Waals surface area contributed by atoms with Gasteiger partial charge in [-0.1, -0.05) is 30.3 Å². The highest BCUT2D eigenvalue weighted by atomic mass is 16.5. The fraction of sp³-hybridized carbons (Fsp3) is 0.167. The number of benzene rings is 2. The van der Waals surface area contributed by atoms with Crippen LogP contribution >= 0.6 is 0 Å². The highest BCUT2D eigenvalue weighted by Crippen LogP contribution is 2.24. The first kappa shape index (κ1) is 16.4. The molecule has 0 aliphatic rings. The lowest BCUT2D eigenvalue weighted by atomic mass is 10.00. The molecule has 0 saturated carbocycles. The van der Waals surface area contributed by atoms with Crippen molar-refractivity contribution in [1.29, 1.82) is 0 Å². The molecule has 5 heteroatoms. The number of ether oxygens (including phenoxy) is 1. The van der Waals surface area contributed by atoms with Crippen LogP contribution < -0.4 is 4.74 Å². The van der Waals surface area contributed by atoms with Crippen LogP contribution in [0.5, 0.6) is 11.5 Å². The Morgan fingerprint density at radius 1 is 0.957 bits per heavy atom. The van der Waals surface area contributed by atoms with Gasteiger partial charge in [-0.15, -0.1) is 0 Å². The molecule has 0 bridgehead atoms. The van der Waals surface area contributed by atoms with Crippen LogP contribution in [0.25, 0.3) is 0 Å². The summed E-state index contributed by atoms with van der Waals surface area (Å²) in [5, 5.41) is 9.79. The molecule has 0 aromatic heterocycles. The van der Waals surface area contributed by atoms with E-state index in [2.05, 4.69) is 0 Å². The summed E-state index contributed by atoms with van der Waals surface area (Å²) in [6.45, 7) is 0. The van der Waals surface area contributed by atoms with Crippen molar-refractivity contribution in [2.45, 2.75) is 12.8 Å². The molecule has 0 unspecified atom stereocenters. The van der Waals surface area contributed by atoms with Gasteiger partial charge in [-0.2, -0.15) is 0 Å². The average molecular weight is 312 g/mol. The Hall–Kier alpha value is -2.95. The number of Topliss-reactive ketones (excluding diaryl/α,β-unsaturated/α-hetero) is 3. The van der Waals surface area contributed by atoms with Crippen LogP contribution in [0.2, 0.25) is 0 Å². The summed E-state index contributed by atoms with van der Waals surface area (Å²) in [5.41, 5.74) is 0.465. The number of phenols is 1. The van der Waals surface area contributed by atoms with Gasteiger partial charge in [-0.3, -0.25) is 14.4 Å². The van der Waals surface area contributed by atoms with Crippen molar-refractivity contribution in [3.8, 4) is 11.5 Å². The number of carbonyl (C=O) groups excluding carboxylic acids is 3. The summed E-state index contributed by atoms with van der Waals surface area (Å²) in [7, 11) is 1.44. The third-order valence-electron chi connectivity index (χ3n) is 3.32. The van der Waals surface area contributed by atoms with Gasteiger partial charge in [0.05, 0.1) is 25.5 Å². The van der Waals surface area contributed by atoms with Crippen molar-refractivity contribution in [3.63, 3.8) is 0 Å². The first-order valence-corrected chi connectivity index (χ1v) is 7.01. The SMILES string of the molecule is COc1ccc(C(=O)CC(=O)CC(=O)c2ccccc2)c(O)c1. The Labute approximate surface area is 133 Å². The van der Waals surface area contributed by atoms with Gasteiger partial charge in [-0.05, 0) is 12.1 Å². The molecule has 0 radical (unpaired) electrons. The smallest absolute Gasteiger partial charge is 0.173 e. The van der Waals surface area contributed by atoms with Crippen LogP contribution in [-0.4, -0.2) is 29.6 Å². The summed E-state index contributed by atoms with van der Waals surface area (Å²) < 4.78 is 4.93. The molecule has 0 fully saturated rings. The largest absolute Gasteiger partial charge is 0.507 e. The highest BCUT2D eigenvalue weighted by molar-refractivity contribution is 6.16. The molecule has 2 aromatic carbocycles. The molecule has 23 heavy (non-hydrogen) atoms. The fourth-order valence-electron chi connectivity index (χ4n) is 2.12. The van der Waals surface area contributed by atoms with Crippen molar-refractivity contribution in [3.05, 3.63) is 59.7 Å². The van der Waals surface area contributed by atoms with E-state index in [9.17, 15) is 19.5 Å². The molecule has 0 atom stereocenters. The quantitative estimate of drug-likeness (QED) is 0.628. The molecule has 5 nitrogen and oxygen atoms in total. The molecule has 0 spiro atoms. The Morgan fingerprint density at radius 3 is 2.22 bits per heavy atom. The van der Waals surface area contributed by atoms with Gasteiger partial charge in [-0.25, -0.2) is 0 Å². The highest BCUT2D eigenvalue weighted by Gasteiger charge is 2.18. The van der Waals surface area contributed by atoms with E-state index >= 15 is 0 Å². The molecule has 1 N–H and O–H groups in total. The Balaban J connectivity index is 2.00. The van der Waals surface area contributed by atoms with Crippen molar-refractivity contribution >= 4 is 17.3 Å². The zero-order valence-corrected chi connectivity index (χ0v) is 12.6. The van der Waals surface area contributed by atoms with Gasteiger partial charge in [0, 0.05) is 11.6 Å². The number of ketones is 3. The topological polar surface area (TPSA) is 80.7 Å². The molecule has 0 aliphatic carbocycles. The first-order chi connectivity index (χ1) is 11.0. The zero-order chi connectivity index (χ0) is 16.8. The molecular weight excluding hydrogens is 296 g/mol. The Bertz CT molecular complexity index is 734. The number of methoxy groups -OCH3 is 1. The predicted octanol–water partition coefficient (Wildman–Crippen LogP) is 2.82. The normalized spacial score (nSPS) is 10.1. The second-order valence-corrected chi connectivity index (χ2v) is 4.99. The Kier molecular flexibility index (Phi) is 5.25.